The summed E-state index contributed by atoms with van der Waals surface area (Å²) >= 11 is 5.81. The smallest absolute Gasteiger partial charge is 0.279 e. The molecule has 0 spiro atoms. The Morgan fingerprint density at radius 2 is 1.83 bits per heavy atom. The number of nitrogens with zero attached hydrogens (tertiary/aromatic N) is 1. The standard InChI is InChI=1S/C17H24ClN3O2/c1-13-7-9-21(10-8-13)17(23)12-20(2)11-16(22)19-15-5-3-14(18)4-6-15/h3-6,13H,7-12H2,1-2H3,(H,19,22)/p+1. The molecular weight excluding hydrogens is 314 g/mol. The van der Waals surface area contributed by atoms with Crippen molar-refractivity contribution in [2.75, 3.05) is 38.5 Å². The highest BCUT2D eigenvalue weighted by molar-refractivity contribution is 6.30. The Labute approximate surface area is 142 Å². The van der Waals surface area contributed by atoms with Crippen molar-refractivity contribution in [2.45, 2.75) is 19.8 Å². The molecule has 6 heteroatoms. The molecule has 1 saturated heterocycles. The average Bonchev–Trinajstić information content (AvgIpc) is 2.50. The van der Waals surface area contributed by atoms with Crippen LogP contribution in [-0.4, -0.2) is 49.9 Å². The Morgan fingerprint density at radius 1 is 1.22 bits per heavy atom. The first-order valence-corrected chi connectivity index (χ1v) is 8.46. The molecule has 1 unspecified atom stereocenters. The number of hydrogen-bond donors (Lipinski definition) is 2. The highest BCUT2D eigenvalue weighted by Crippen LogP contribution is 2.15. The van der Waals surface area contributed by atoms with Crippen LogP contribution in [0.2, 0.25) is 5.02 Å². The van der Waals surface area contributed by atoms with Crippen LogP contribution in [0.15, 0.2) is 24.3 Å². The molecule has 1 atom stereocenters. The van der Waals surface area contributed by atoms with E-state index >= 15 is 0 Å². The minimum atomic E-state index is -0.107. The largest absolute Gasteiger partial charge is 0.338 e. The van der Waals surface area contributed by atoms with Crippen LogP contribution in [0.25, 0.3) is 0 Å². The Balaban J connectivity index is 1.75. The summed E-state index contributed by atoms with van der Waals surface area (Å²) in [6, 6.07) is 6.98. The lowest BCUT2D eigenvalue weighted by Crippen LogP contribution is -3.11. The maximum atomic E-state index is 12.3. The molecule has 0 aromatic heterocycles. The summed E-state index contributed by atoms with van der Waals surface area (Å²) in [6.07, 6.45) is 2.14. The summed E-state index contributed by atoms with van der Waals surface area (Å²) in [5.74, 6) is 0.730. The summed E-state index contributed by atoms with van der Waals surface area (Å²) in [7, 11) is 1.87. The van der Waals surface area contributed by atoms with Gasteiger partial charge in [0.1, 0.15) is 0 Å². The van der Waals surface area contributed by atoms with E-state index in [0.717, 1.165) is 30.8 Å². The topological polar surface area (TPSA) is 53.9 Å². The molecule has 0 aliphatic carbocycles. The zero-order valence-electron chi connectivity index (χ0n) is 13.8. The molecular formula is C17H25ClN3O2+. The van der Waals surface area contributed by atoms with Crippen LogP contribution in [0.1, 0.15) is 19.8 Å². The molecule has 0 saturated carbocycles. The van der Waals surface area contributed by atoms with E-state index in [1.807, 2.05) is 11.9 Å². The van der Waals surface area contributed by atoms with Gasteiger partial charge in [0.15, 0.2) is 13.1 Å². The monoisotopic (exact) mass is 338 g/mol. The van der Waals surface area contributed by atoms with Crippen molar-refractivity contribution in [3.05, 3.63) is 29.3 Å². The molecule has 0 bridgehead atoms. The SMILES string of the molecule is CC1CCN(C(=O)C[NH+](C)CC(=O)Nc2ccc(Cl)cc2)CC1. The van der Waals surface area contributed by atoms with Gasteiger partial charge < -0.3 is 15.1 Å². The number of hydrogen-bond acceptors (Lipinski definition) is 2. The number of quaternary nitrogens is 1. The second-order valence-electron chi connectivity index (χ2n) is 6.43. The van der Waals surface area contributed by atoms with Crippen molar-refractivity contribution in [3.63, 3.8) is 0 Å². The molecule has 23 heavy (non-hydrogen) atoms. The van der Waals surface area contributed by atoms with Gasteiger partial charge in [-0.05, 0) is 43.0 Å². The van der Waals surface area contributed by atoms with Gasteiger partial charge in [-0.1, -0.05) is 18.5 Å². The first-order chi connectivity index (χ1) is 10.9. The molecule has 2 N–H and O–H groups in total. The number of rotatable bonds is 5. The van der Waals surface area contributed by atoms with Gasteiger partial charge >= 0.3 is 0 Å². The van der Waals surface area contributed by atoms with Gasteiger partial charge in [0, 0.05) is 23.8 Å². The minimum absolute atomic E-state index is 0.107. The highest BCUT2D eigenvalue weighted by atomic mass is 35.5. The fourth-order valence-electron chi connectivity index (χ4n) is 2.70. The lowest BCUT2D eigenvalue weighted by Gasteiger charge is -2.30. The van der Waals surface area contributed by atoms with E-state index in [-0.39, 0.29) is 18.4 Å². The van der Waals surface area contributed by atoms with Crippen LogP contribution in [0, 0.1) is 5.92 Å². The highest BCUT2D eigenvalue weighted by Gasteiger charge is 2.23. The van der Waals surface area contributed by atoms with E-state index < -0.39 is 0 Å². The number of anilines is 1. The van der Waals surface area contributed by atoms with Gasteiger partial charge in [-0.15, -0.1) is 0 Å². The molecule has 1 heterocycles. The molecule has 0 radical (unpaired) electrons. The maximum Gasteiger partial charge on any atom is 0.279 e. The number of carbonyl (C=O) groups excluding carboxylic acids is 2. The first-order valence-electron chi connectivity index (χ1n) is 8.08. The minimum Gasteiger partial charge on any atom is -0.338 e. The molecule has 1 fully saturated rings. The van der Waals surface area contributed by atoms with E-state index in [9.17, 15) is 9.59 Å². The van der Waals surface area contributed by atoms with Crippen molar-refractivity contribution >= 4 is 29.1 Å². The second-order valence-corrected chi connectivity index (χ2v) is 6.87. The maximum absolute atomic E-state index is 12.3. The zero-order chi connectivity index (χ0) is 16.8. The number of likely N-dealkylation sites (tertiary alicyclic amines) is 1. The van der Waals surface area contributed by atoms with E-state index in [0.29, 0.717) is 23.2 Å². The Bertz CT molecular complexity index is 539. The van der Waals surface area contributed by atoms with Gasteiger partial charge in [-0.2, -0.15) is 0 Å². The summed E-state index contributed by atoms with van der Waals surface area (Å²) in [4.78, 5) is 27.1. The lowest BCUT2D eigenvalue weighted by atomic mass is 9.99. The molecule has 1 aromatic rings. The van der Waals surface area contributed by atoms with Crippen molar-refractivity contribution in [2.24, 2.45) is 5.92 Å². The molecule has 2 amide bonds. The number of likely N-dealkylation sites (N-methyl/N-ethyl adjacent to an activating group) is 1. The van der Waals surface area contributed by atoms with Crippen LogP contribution in [0.5, 0.6) is 0 Å². The fourth-order valence-corrected chi connectivity index (χ4v) is 2.83. The predicted molar refractivity (Wildman–Crippen MR) is 91.7 cm³/mol. The van der Waals surface area contributed by atoms with E-state index in [2.05, 4.69) is 12.2 Å². The Morgan fingerprint density at radius 3 is 2.43 bits per heavy atom. The lowest BCUT2D eigenvalue weighted by molar-refractivity contribution is -0.862. The Hall–Kier alpha value is -1.59. The quantitative estimate of drug-likeness (QED) is 0.843. The van der Waals surface area contributed by atoms with E-state index in [1.165, 1.54) is 0 Å². The number of halogens is 1. The second kappa shape index (κ2) is 8.31. The van der Waals surface area contributed by atoms with Crippen LogP contribution < -0.4 is 10.2 Å². The van der Waals surface area contributed by atoms with Crippen molar-refractivity contribution in [1.82, 2.24) is 4.90 Å². The van der Waals surface area contributed by atoms with Crippen molar-refractivity contribution < 1.29 is 14.5 Å². The molecule has 1 aliphatic heterocycles. The zero-order valence-corrected chi connectivity index (χ0v) is 14.5. The third-order valence-electron chi connectivity index (χ3n) is 4.18. The molecule has 1 aliphatic rings. The van der Waals surface area contributed by atoms with Crippen LogP contribution in [0.3, 0.4) is 0 Å². The number of piperidine rings is 1. The summed E-state index contributed by atoms with van der Waals surface area (Å²) in [5.41, 5.74) is 0.712. The van der Waals surface area contributed by atoms with Gasteiger partial charge in [-0.3, -0.25) is 9.59 Å². The number of nitrogens with one attached hydrogen (secondary N) is 2. The predicted octanol–water partition coefficient (Wildman–Crippen LogP) is 1.05. The van der Waals surface area contributed by atoms with Crippen molar-refractivity contribution in [1.29, 1.82) is 0 Å². The van der Waals surface area contributed by atoms with E-state index in [4.69, 9.17) is 11.6 Å². The first kappa shape index (κ1) is 17.8. The van der Waals surface area contributed by atoms with Crippen LogP contribution >= 0.6 is 11.6 Å². The number of benzene rings is 1. The molecule has 126 valence electrons. The summed E-state index contributed by atoms with van der Waals surface area (Å²) in [5, 5.41) is 3.45. The average molecular weight is 339 g/mol. The van der Waals surface area contributed by atoms with Gasteiger partial charge in [0.2, 0.25) is 0 Å². The molecule has 2 rings (SSSR count). The number of amides is 2. The molecule has 5 nitrogen and oxygen atoms in total. The molecule has 1 aromatic carbocycles. The van der Waals surface area contributed by atoms with Crippen molar-refractivity contribution in [3.8, 4) is 0 Å². The summed E-state index contributed by atoms with van der Waals surface area (Å²) in [6.45, 7) is 4.51. The van der Waals surface area contributed by atoms with Gasteiger partial charge in [0.25, 0.3) is 11.8 Å². The summed E-state index contributed by atoms with van der Waals surface area (Å²) < 4.78 is 0. The fraction of sp³-hybridized carbons (Fsp3) is 0.529. The third-order valence-corrected chi connectivity index (χ3v) is 4.43. The van der Waals surface area contributed by atoms with Crippen LogP contribution in [0.4, 0.5) is 5.69 Å². The normalized spacial score (nSPS) is 16.9. The van der Waals surface area contributed by atoms with Gasteiger partial charge in [-0.25, -0.2) is 0 Å². The van der Waals surface area contributed by atoms with Crippen LogP contribution in [-0.2, 0) is 9.59 Å². The Kier molecular flexibility index (Phi) is 6.42. The van der Waals surface area contributed by atoms with Gasteiger partial charge in [0.05, 0.1) is 7.05 Å². The number of carbonyl (C=O) groups is 2. The third kappa shape index (κ3) is 5.84. The van der Waals surface area contributed by atoms with E-state index in [1.54, 1.807) is 24.3 Å².